The lowest BCUT2D eigenvalue weighted by Crippen LogP contribution is -2.46. The summed E-state index contributed by atoms with van der Waals surface area (Å²) in [6.07, 6.45) is 4.28. The predicted molar refractivity (Wildman–Crippen MR) is 131 cm³/mol. The molecule has 0 aliphatic heterocycles. The van der Waals surface area contributed by atoms with Gasteiger partial charge in [-0.3, -0.25) is 0 Å². The summed E-state index contributed by atoms with van der Waals surface area (Å²) in [6.45, 7) is 3.84. The van der Waals surface area contributed by atoms with Gasteiger partial charge in [0, 0.05) is 17.8 Å². The Kier molecular flexibility index (Phi) is 6.82. The number of nitrogens with one attached hydrogen (secondary N) is 4. The number of aromatic amines is 1. The molecule has 0 bridgehead atoms. The van der Waals surface area contributed by atoms with Crippen LogP contribution in [0.25, 0.3) is 11.0 Å². The minimum Gasteiger partial charge on any atom is -0.382 e. The smallest absolute Gasteiger partial charge is 0.339 e. The molecule has 1 aromatic heterocycles. The van der Waals surface area contributed by atoms with Crippen molar-refractivity contribution in [2.45, 2.75) is 56.6 Å². The van der Waals surface area contributed by atoms with Gasteiger partial charge in [-0.2, -0.15) is 8.42 Å². The molecule has 182 valence electrons. The van der Waals surface area contributed by atoms with Gasteiger partial charge in [0.2, 0.25) is 5.95 Å². The lowest BCUT2D eigenvalue weighted by molar-refractivity contribution is 0.243. The Labute approximate surface area is 198 Å². The number of carbonyl (C=O) groups excluding carboxylic acids is 1. The molecular formula is C23H30N6O4S. The van der Waals surface area contributed by atoms with Crippen molar-refractivity contribution >= 4 is 38.8 Å². The van der Waals surface area contributed by atoms with Gasteiger partial charge in [-0.05, 0) is 55.2 Å². The van der Waals surface area contributed by atoms with Crippen LogP contribution in [0, 0.1) is 5.92 Å². The molecule has 1 aliphatic rings. The fourth-order valence-electron chi connectivity index (χ4n) is 3.97. The Morgan fingerprint density at radius 1 is 1.15 bits per heavy atom. The molecule has 11 heteroatoms. The Morgan fingerprint density at radius 2 is 1.85 bits per heavy atom. The first kappa shape index (κ1) is 23.7. The maximum Gasteiger partial charge on any atom is 0.339 e. The molecule has 1 heterocycles. The second-order valence-corrected chi connectivity index (χ2v) is 10.4. The molecule has 1 aliphatic carbocycles. The van der Waals surface area contributed by atoms with Crippen molar-refractivity contribution < 1.29 is 17.4 Å². The molecule has 0 spiro atoms. The first-order chi connectivity index (χ1) is 16.2. The van der Waals surface area contributed by atoms with Gasteiger partial charge in [0.1, 0.15) is 16.8 Å². The summed E-state index contributed by atoms with van der Waals surface area (Å²) in [7, 11) is -4.01. The first-order valence-electron chi connectivity index (χ1n) is 11.3. The van der Waals surface area contributed by atoms with Crippen molar-refractivity contribution in [1.82, 2.24) is 15.3 Å². The molecule has 10 nitrogen and oxygen atoms in total. The van der Waals surface area contributed by atoms with Crippen LogP contribution in [0.3, 0.4) is 0 Å². The number of benzene rings is 2. The maximum atomic E-state index is 12.8. The van der Waals surface area contributed by atoms with Crippen LogP contribution >= 0.6 is 0 Å². The summed E-state index contributed by atoms with van der Waals surface area (Å²) in [4.78, 5) is 18.8. The van der Waals surface area contributed by atoms with Gasteiger partial charge in [-0.1, -0.05) is 26.7 Å². The van der Waals surface area contributed by atoms with E-state index in [1.807, 2.05) is 13.8 Å². The van der Waals surface area contributed by atoms with Crippen LogP contribution in [0.1, 0.15) is 39.5 Å². The third-order valence-electron chi connectivity index (χ3n) is 5.79. The van der Waals surface area contributed by atoms with Crippen molar-refractivity contribution in [2.75, 3.05) is 10.6 Å². The zero-order chi connectivity index (χ0) is 24.3. The summed E-state index contributed by atoms with van der Waals surface area (Å²) in [5.41, 5.74) is 7.32. The highest BCUT2D eigenvalue weighted by molar-refractivity contribution is 7.87. The van der Waals surface area contributed by atoms with Crippen LogP contribution in [-0.4, -0.2) is 36.6 Å². The van der Waals surface area contributed by atoms with Gasteiger partial charge in [0.05, 0.1) is 11.0 Å². The van der Waals surface area contributed by atoms with Gasteiger partial charge < -0.3 is 30.9 Å². The summed E-state index contributed by atoms with van der Waals surface area (Å²) in [5.74, 6) is 0.603. The number of urea groups is 1. The lowest BCUT2D eigenvalue weighted by Gasteiger charge is -2.22. The van der Waals surface area contributed by atoms with Gasteiger partial charge in [0.15, 0.2) is 0 Å². The Morgan fingerprint density at radius 3 is 2.50 bits per heavy atom. The van der Waals surface area contributed by atoms with E-state index in [1.54, 1.807) is 36.4 Å². The second-order valence-electron chi connectivity index (χ2n) is 8.83. The number of amides is 2. The maximum absolute atomic E-state index is 12.8. The molecule has 1 saturated carbocycles. The summed E-state index contributed by atoms with van der Waals surface area (Å²) in [6, 6.07) is 11.2. The van der Waals surface area contributed by atoms with Crippen molar-refractivity contribution in [3.63, 3.8) is 0 Å². The second kappa shape index (κ2) is 9.80. The average molecular weight is 487 g/mol. The molecule has 0 radical (unpaired) electrons. The Bertz CT molecular complexity index is 1250. The van der Waals surface area contributed by atoms with Crippen molar-refractivity contribution in [1.29, 1.82) is 0 Å². The molecule has 2 amide bonds. The van der Waals surface area contributed by atoms with E-state index in [4.69, 9.17) is 9.92 Å². The fourth-order valence-corrected chi connectivity index (χ4v) is 4.90. The van der Waals surface area contributed by atoms with E-state index in [0.29, 0.717) is 23.0 Å². The van der Waals surface area contributed by atoms with Gasteiger partial charge in [0.25, 0.3) is 0 Å². The molecule has 4 rings (SSSR count). The first-order valence-corrected chi connectivity index (χ1v) is 12.7. The molecule has 1 unspecified atom stereocenters. The number of nitrogens with two attached hydrogens (primary N) is 1. The monoisotopic (exact) mass is 486 g/mol. The normalized spacial score (nSPS) is 15.4. The Hall–Kier alpha value is -3.47. The molecule has 0 saturated heterocycles. The van der Waals surface area contributed by atoms with Crippen LogP contribution in [-0.2, 0) is 10.1 Å². The molecule has 1 fully saturated rings. The topological polar surface area (TPSA) is 151 Å². The van der Waals surface area contributed by atoms with E-state index in [9.17, 15) is 13.2 Å². The van der Waals surface area contributed by atoms with E-state index in [-0.39, 0.29) is 16.6 Å². The number of carbonyl (C=O) groups is 1. The quantitative estimate of drug-likeness (QED) is 0.228. The van der Waals surface area contributed by atoms with Crippen LogP contribution in [0.15, 0.2) is 47.4 Å². The fraction of sp³-hybridized carbons (Fsp3) is 0.391. The number of hydrogen-bond donors (Lipinski definition) is 5. The van der Waals surface area contributed by atoms with Crippen LogP contribution in [0.2, 0.25) is 0 Å². The van der Waals surface area contributed by atoms with Gasteiger partial charge in [-0.25, -0.2) is 9.78 Å². The van der Waals surface area contributed by atoms with Crippen molar-refractivity contribution in [3.05, 3.63) is 42.5 Å². The van der Waals surface area contributed by atoms with Crippen LogP contribution in [0.5, 0.6) is 5.75 Å². The zero-order valence-corrected chi connectivity index (χ0v) is 20.0. The number of imidazole rings is 1. The number of primary amides is 1. The minimum absolute atomic E-state index is 0.0458. The van der Waals surface area contributed by atoms with Crippen molar-refractivity contribution in [2.24, 2.45) is 11.7 Å². The van der Waals surface area contributed by atoms with Crippen molar-refractivity contribution in [3.8, 4) is 5.75 Å². The van der Waals surface area contributed by atoms with E-state index >= 15 is 0 Å². The number of hydrogen-bond acceptors (Lipinski definition) is 7. The minimum atomic E-state index is -4.01. The Balaban J connectivity index is 1.46. The molecule has 34 heavy (non-hydrogen) atoms. The summed E-state index contributed by atoms with van der Waals surface area (Å²) in [5, 5.41) is 9.13. The third kappa shape index (κ3) is 5.71. The van der Waals surface area contributed by atoms with E-state index in [0.717, 1.165) is 18.5 Å². The SMILES string of the molecule is CC(C)C(NC(N)=O)Nc1nc2cc(OS(=O)(=O)c3ccc(NC4CCCC4)cc3)ccc2[nH]1. The lowest BCUT2D eigenvalue weighted by atomic mass is 10.1. The third-order valence-corrected chi connectivity index (χ3v) is 7.05. The molecule has 1 atom stereocenters. The highest BCUT2D eigenvalue weighted by atomic mass is 32.2. The highest BCUT2D eigenvalue weighted by Gasteiger charge is 2.20. The molecule has 2 aromatic carbocycles. The van der Waals surface area contributed by atoms with E-state index in [2.05, 4.69) is 25.9 Å². The van der Waals surface area contributed by atoms with Gasteiger partial charge in [-0.15, -0.1) is 0 Å². The highest BCUT2D eigenvalue weighted by Crippen LogP contribution is 2.26. The number of fused-ring (bicyclic) bond motifs is 1. The van der Waals surface area contributed by atoms with Gasteiger partial charge >= 0.3 is 16.1 Å². The molecule has 6 N–H and O–H groups in total. The number of anilines is 2. The molecule has 3 aromatic rings. The number of nitrogens with zero attached hydrogens (tertiary/aromatic N) is 1. The summed E-state index contributed by atoms with van der Waals surface area (Å²) >= 11 is 0. The zero-order valence-electron chi connectivity index (χ0n) is 19.2. The molecular weight excluding hydrogens is 456 g/mol. The number of H-pyrrole nitrogens is 1. The number of rotatable bonds is 9. The number of aromatic nitrogens is 2. The van der Waals surface area contributed by atoms with E-state index < -0.39 is 22.3 Å². The van der Waals surface area contributed by atoms with E-state index in [1.165, 1.54) is 18.9 Å². The largest absolute Gasteiger partial charge is 0.382 e. The van der Waals surface area contributed by atoms with Crippen LogP contribution < -0.4 is 25.9 Å². The average Bonchev–Trinajstić information content (AvgIpc) is 3.42. The summed E-state index contributed by atoms with van der Waals surface area (Å²) < 4.78 is 30.9. The predicted octanol–water partition coefficient (Wildman–Crippen LogP) is 3.75. The van der Waals surface area contributed by atoms with Crippen LogP contribution in [0.4, 0.5) is 16.4 Å². The standard InChI is InChI=1S/C23H30N6O4S/c1-14(2)21(28-22(24)30)29-23-26-19-12-9-17(13-20(19)27-23)33-34(31,32)18-10-7-16(8-11-18)25-15-5-3-4-6-15/h7-15,21,25H,3-6H2,1-2H3,(H3,24,28,30)(H2,26,27,29).